The van der Waals surface area contributed by atoms with E-state index in [1.807, 2.05) is 19.9 Å². The number of aromatic nitrogens is 1. The van der Waals surface area contributed by atoms with Crippen molar-refractivity contribution in [2.24, 2.45) is 4.99 Å². The van der Waals surface area contributed by atoms with E-state index in [-0.39, 0.29) is 35.5 Å². The monoisotopic (exact) mass is 524 g/mol. The van der Waals surface area contributed by atoms with Gasteiger partial charge in [0.15, 0.2) is 23.2 Å². The Morgan fingerprint density at radius 1 is 1.17 bits per heavy atom. The first-order chi connectivity index (χ1) is 13.4. The van der Waals surface area contributed by atoms with Gasteiger partial charge in [-0.15, -0.1) is 24.0 Å². The standard InChI is InChI=1S/C19H26F2N4O3.HI/c1-5-26-17-8-13(6-7-16(17)27-18(20)21)10-23-19(22-4)24-11-14-9-15(12(2)3)25-28-14;/h6-9,12,18H,5,10-11H2,1-4H3,(H2,22,23,24);1H. The number of halogens is 3. The van der Waals surface area contributed by atoms with Crippen molar-refractivity contribution in [3.05, 3.63) is 41.3 Å². The molecule has 0 atom stereocenters. The molecule has 29 heavy (non-hydrogen) atoms. The Morgan fingerprint density at radius 2 is 1.90 bits per heavy atom. The molecule has 0 aliphatic rings. The van der Waals surface area contributed by atoms with Gasteiger partial charge in [0.2, 0.25) is 0 Å². The van der Waals surface area contributed by atoms with E-state index in [0.717, 1.165) is 11.3 Å². The largest absolute Gasteiger partial charge is 0.490 e. The zero-order valence-electron chi connectivity index (χ0n) is 16.9. The second-order valence-electron chi connectivity index (χ2n) is 6.24. The van der Waals surface area contributed by atoms with E-state index in [1.165, 1.54) is 6.07 Å². The molecule has 0 bridgehead atoms. The molecule has 10 heteroatoms. The first-order valence-corrected chi connectivity index (χ1v) is 9.03. The van der Waals surface area contributed by atoms with E-state index in [9.17, 15) is 8.78 Å². The fraction of sp³-hybridized carbons (Fsp3) is 0.474. The number of hydrogen-bond donors (Lipinski definition) is 2. The second kappa shape index (κ2) is 12.5. The Hall–Kier alpha value is -2.11. The van der Waals surface area contributed by atoms with Gasteiger partial charge in [0.1, 0.15) is 0 Å². The highest BCUT2D eigenvalue weighted by atomic mass is 127. The van der Waals surface area contributed by atoms with Gasteiger partial charge < -0.3 is 24.6 Å². The van der Waals surface area contributed by atoms with Crippen LogP contribution in [0.3, 0.4) is 0 Å². The third-order valence-electron chi connectivity index (χ3n) is 3.81. The average molecular weight is 524 g/mol. The van der Waals surface area contributed by atoms with Gasteiger partial charge in [-0.25, -0.2) is 0 Å². The Kier molecular flexibility index (Phi) is 10.7. The molecule has 162 valence electrons. The van der Waals surface area contributed by atoms with Gasteiger partial charge >= 0.3 is 6.61 Å². The molecular weight excluding hydrogens is 497 g/mol. The molecule has 1 aromatic heterocycles. The third-order valence-corrected chi connectivity index (χ3v) is 3.81. The zero-order chi connectivity index (χ0) is 20.5. The smallest absolute Gasteiger partial charge is 0.387 e. The lowest BCUT2D eigenvalue weighted by Crippen LogP contribution is -2.36. The molecule has 0 saturated heterocycles. The SMILES string of the molecule is CCOc1cc(CNC(=NC)NCc2cc(C(C)C)no2)ccc1OC(F)F.I. The second-order valence-corrected chi connectivity index (χ2v) is 6.24. The summed E-state index contributed by atoms with van der Waals surface area (Å²) in [5.74, 6) is 1.85. The highest BCUT2D eigenvalue weighted by Crippen LogP contribution is 2.29. The van der Waals surface area contributed by atoms with Crippen LogP contribution in [0.15, 0.2) is 33.8 Å². The van der Waals surface area contributed by atoms with Gasteiger partial charge in [0.05, 0.1) is 18.8 Å². The van der Waals surface area contributed by atoms with Crippen LogP contribution < -0.4 is 20.1 Å². The molecule has 0 spiro atoms. The van der Waals surface area contributed by atoms with Crippen LogP contribution in [0, 0.1) is 0 Å². The van der Waals surface area contributed by atoms with E-state index in [0.29, 0.717) is 37.3 Å². The third kappa shape index (κ3) is 8.03. The van der Waals surface area contributed by atoms with E-state index in [2.05, 4.69) is 25.5 Å². The Morgan fingerprint density at radius 3 is 2.48 bits per heavy atom. The first kappa shape index (κ1) is 24.9. The lowest BCUT2D eigenvalue weighted by Gasteiger charge is -2.14. The van der Waals surface area contributed by atoms with Crippen LogP contribution in [0.2, 0.25) is 0 Å². The molecular formula is C19H27F2IN4O3. The minimum atomic E-state index is -2.90. The number of aliphatic imine (C=N–C) groups is 1. The van der Waals surface area contributed by atoms with Crippen LogP contribution in [0.5, 0.6) is 11.5 Å². The van der Waals surface area contributed by atoms with E-state index < -0.39 is 6.61 Å². The Bertz CT molecular complexity index is 785. The van der Waals surface area contributed by atoms with Crippen molar-refractivity contribution in [3.63, 3.8) is 0 Å². The Balaban J connectivity index is 0.00000420. The number of rotatable bonds is 9. The summed E-state index contributed by atoms with van der Waals surface area (Å²) in [6.45, 7) is 4.16. The maximum Gasteiger partial charge on any atom is 0.387 e. The summed E-state index contributed by atoms with van der Waals surface area (Å²) in [6, 6.07) is 6.71. The molecule has 1 heterocycles. The number of hydrogen-bond acceptors (Lipinski definition) is 5. The zero-order valence-corrected chi connectivity index (χ0v) is 19.2. The average Bonchev–Trinajstić information content (AvgIpc) is 3.13. The van der Waals surface area contributed by atoms with Crippen molar-refractivity contribution in [1.82, 2.24) is 15.8 Å². The summed E-state index contributed by atoms with van der Waals surface area (Å²) >= 11 is 0. The van der Waals surface area contributed by atoms with Crippen molar-refractivity contribution >= 4 is 29.9 Å². The van der Waals surface area contributed by atoms with Crippen LogP contribution >= 0.6 is 24.0 Å². The highest BCUT2D eigenvalue weighted by Gasteiger charge is 2.12. The van der Waals surface area contributed by atoms with Crippen molar-refractivity contribution in [2.45, 2.75) is 46.4 Å². The van der Waals surface area contributed by atoms with Gasteiger partial charge in [-0.3, -0.25) is 4.99 Å². The summed E-state index contributed by atoms with van der Waals surface area (Å²) in [6.07, 6.45) is 0. The van der Waals surface area contributed by atoms with Gasteiger partial charge in [-0.2, -0.15) is 8.78 Å². The summed E-state index contributed by atoms with van der Waals surface area (Å²) in [4.78, 5) is 4.15. The number of guanidine groups is 1. The first-order valence-electron chi connectivity index (χ1n) is 9.03. The Labute approximate surface area is 186 Å². The molecule has 7 nitrogen and oxygen atoms in total. The number of ether oxygens (including phenoxy) is 2. The molecule has 2 aromatic rings. The van der Waals surface area contributed by atoms with Gasteiger partial charge in [0.25, 0.3) is 0 Å². The molecule has 1 aromatic carbocycles. The van der Waals surface area contributed by atoms with Crippen LogP contribution in [-0.4, -0.2) is 31.4 Å². The lowest BCUT2D eigenvalue weighted by atomic mass is 10.1. The molecule has 0 aliphatic heterocycles. The summed E-state index contributed by atoms with van der Waals surface area (Å²) in [5, 5.41) is 10.3. The molecule has 2 rings (SSSR count). The van der Waals surface area contributed by atoms with E-state index in [4.69, 9.17) is 9.26 Å². The molecule has 0 aliphatic carbocycles. The predicted octanol–water partition coefficient (Wildman–Crippen LogP) is 4.28. The van der Waals surface area contributed by atoms with Crippen molar-refractivity contribution in [1.29, 1.82) is 0 Å². The predicted molar refractivity (Wildman–Crippen MR) is 117 cm³/mol. The van der Waals surface area contributed by atoms with Crippen molar-refractivity contribution in [3.8, 4) is 11.5 Å². The van der Waals surface area contributed by atoms with Crippen LogP contribution in [-0.2, 0) is 13.1 Å². The van der Waals surface area contributed by atoms with Crippen molar-refractivity contribution in [2.75, 3.05) is 13.7 Å². The number of benzene rings is 1. The van der Waals surface area contributed by atoms with E-state index in [1.54, 1.807) is 26.1 Å². The topological polar surface area (TPSA) is 80.9 Å². The van der Waals surface area contributed by atoms with Crippen LogP contribution in [0.1, 0.15) is 43.7 Å². The number of nitrogens with zero attached hydrogens (tertiary/aromatic N) is 2. The summed E-state index contributed by atoms with van der Waals surface area (Å²) in [5.41, 5.74) is 1.73. The van der Waals surface area contributed by atoms with Gasteiger partial charge in [-0.05, 0) is 30.5 Å². The van der Waals surface area contributed by atoms with E-state index >= 15 is 0 Å². The molecule has 0 amide bonds. The quantitative estimate of drug-likeness (QED) is 0.290. The summed E-state index contributed by atoms with van der Waals surface area (Å²) < 4.78 is 40.1. The lowest BCUT2D eigenvalue weighted by molar-refractivity contribution is -0.0514. The maximum atomic E-state index is 12.5. The van der Waals surface area contributed by atoms with Crippen LogP contribution in [0.25, 0.3) is 0 Å². The highest BCUT2D eigenvalue weighted by molar-refractivity contribution is 14.0. The van der Waals surface area contributed by atoms with Crippen LogP contribution in [0.4, 0.5) is 8.78 Å². The minimum absolute atomic E-state index is 0. The normalized spacial score (nSPS) is 11.4. The molecule has 2 N–H and O–H groups in total. The molecule has 0 fully saturated rings. The number of alkyl halides is 2. The van der Waals surface area contributed by atoms with Crippen molar-refractivity contribution < 1.29 is 22.8 Å². The summed E-state index contributed by atoms with van der Waals surface area (Å²) in [7, 11) is 1.65. The van der Waals surface area contributed by atoms with Gasteiger partial charge in [-0.1, -0.05) is 25.1 Å². The fourth-order valence-electron chi connectivity index (χ4n) is 2.39. The minimum Gasteiger partial charge on any atom is -0.490 e. The molecule has 0 unspecified atom stereocenters. The number of nitrogens with one attached hydrogen (secondary N) is 2. The van der Waals surface area contributed by atoms with Gasteiger partial charge in [0, 0.05) is 19.7 Å². The maximum absolute atomic E-state index is 12.5. The molecule has 0 saturated carbocycles. The molecule has 0 radical (unpaired) electrons. The fourth-order valence-corrected chi connectivity index (χ4v) is 2.39.